The van der Waals surface area contributed by atoms with Crippen molar-refractivity contribution in [3.63, 3.8) is 0 Å². The summed E-state index contributed by atoms with van der Waals surface area (Å²) in [5.41, 5.74) is 6.50. The lowest BCUT2D eigenvalue weighted by Gasteiger charge is -2.24. The van der Waals surface area contributed by atoms with Crippen molar-refractivity contribution in [3.05, 3.63) is 30.1 Å². The fourth-order valence-corrected chi connectivity index (χ4v) is 1.51. The molecule has 0 aliphatic rings. The van der Waals surface area contributed by atoms with Gasteiger partial charge >= 0.3 is 0 Å². The van der Waals surface area contributed by atoms with E-state index in [-0.39, 0.29) is 5.82 Å². The Bertz CT molecular complexity index is 282. The van der Waals surface area contributed by atoms with Crippen molar-refractivity contribution >= 4 is 5.69 Å². The first kappa shape index (κ1) is 12.9. The number of nitrogens with zero attached hydrogens (tertiary/aromatic N) is 1. The van der Waals surface area contributed by atoms with Crippen LogP contribution < -0.4 is 10.6 Å². The molecule has 2 N–H and O–H groups in total. The van der Waals surface area contributed by atoms with Gasteiger partial charge in [-0.1, -0.05) is 0 Å². The molecule has 0 aliphatic heterocycles. The summed E-state index contributed by atoms with van der Waals surface area (Å²) in [6.45, 7) is 2.97. The van der Waals surface area contributed by atoms with Crippen LogP contribution in [0.15, 0.2) is 24.3 Å². The Hall–Kier alpha value is -1.13. The van der Waals surface area contributed by atoms with Gasteiger partial charge in [-0.2, -0.15) is 0 Å². The minimum absolute atomic E-state index is 0.214. The normalized spacial score (nSPS) is 10.4. The maximum absolute atomic E-state index is 12.8. The summed E-state index contributed by atoms with van der Waals surface area (Å²) < 4.78 is 17.8. The van der Waals surface area contributed by atoms with Crippen LogP contribution in [0.5, 0.6) is 0 Å². The molecule has 16 heavy (non-hydrogen) atoms. The third-order valence-electron chi connectivity index (χ3n) is 2.39. The second-order valence-corrected chi connectivity index (χ2v) is 3.60. The average Bonchev–Trinajstić information content (AvgIpc) is 2.31. The highest BCUT2D eigenvalue weighted by Gasteiger charge is 2.05. The van der Waals surface area contributed by atoms with Crippen LogP contribution in [0.3, 0.4) is 0 Å². The van der Waals surface area contributed by atoms with E-state index in [1.54, 1.807) is 19.2 Å². The standard InChI is InChI=1S/C12H19FN2O/c1-16-10-9-15(8-2-7-14)12-5-3-11(13)4-6-12/h3-6H,2,7-10,14H2,1H3. The molecule has 1 rings (SSSR count). The van der Waals surface area contributed by atoms with Gasteiger partial charge in [0, 0.05) is 25.9 Å². The molecule has 1 aromatic carbocycles. The molecular weight excluding hydrogens is 207 g/mol. The number of hydrogen-bond acceptors (Lipinski definition) is 3. The second kappa shape index (κ2) is 7.19. The van der Waals surface area contributed by atoms with E-state index < -0.39 is 0 Å². The Balaban J connectivity index is 2.62. The zero-order valence-electron chi connectivity index (χ0n) is 9.66. The van der Waals surface area contributed by atoms with Crippen LogP contribution in [0.25, 0.3) is 0 Å². The molecule has 0 unspecified atom stereocenters. The molecule has 0 amide bonds. The van der Waals surface area contributed by atoms with E-state index in [4.69, 9.17) is 10.5 Å². The summed E-state index contributed by atoms with van der Waals surface area (Å²) in [6.07, 6.45) is 0.918. The number of anilines is 1. The summed E-state index contributed by atoms with van der Waals surface area (Å²) in [5.74, 6) is -0.214. The SMILES string of the molecule is COCCN(CCCN)c1ccc(F)cc1. The molecule has 90 valence electrons. The highest BCUT2D eigenvalue weighted by molar-refractivity contribution is 5.46. The van der Waals surface area contributed by atoms with Gasteiger partial charge in [0.1, 0.15) is 5.82 Å². The van der Waals surface area contributed by atoms with Crippen molar-refractivity contribution in [3.8, 4) is 0 Å². The van der Waals surface area contributed by atoms with Gasteiger partial charge in [-0.05, 0) is 37.2 Å². The van der Waals surface area contributed by atoms with Gasteiger partial charge in [0.25, 0.3) is 0 Å². The molecule has 0 bridgehead atoms. The van der Waals surface area contributed by atoms with Gasteiger partial charge in [-0.3, -0.25) is 0 Å². The van der Waals surface area contributed by atoms with E-state index in [0.717, 1.165) is 25.2 Å². The lowest BCUT2D eigenvalue weighted by molar-refractivity contribution is 0.205. The van der Waals surface area contributed by atoms with Crippen LogP contribution in [0.1, 0.15) is 6.42 Å². The van der Waals surface area contributed by atoms with Crippen LogP contribution in [0, 0.1) is 5.82 Å². The van der Waals surface area contributed by atoms with Gasteiger partial charge < -0.3 is 15.4 Å². The zero-order valence-corrected chi connectivity index (χ0v) is 9.66. The molecule has 0 fully saturated rings. The van der Waals surface area contributed by atoms with Crippen LogP contribution in [-0.4, -0.2) is 33.4 Å². The van der Waals surface area contributed by atoms with E-state index in [1.165, 1.54) is 12.1 Å². The van der Waals surface area contributed by atoms with Crippen molar-refractivity contribution in [2.24, 2.45) is 5.73 Å². The van der Waals surface area contributed by atoms with E-state index in [9.17, 15) is 4.39 Å². The topological polar surface area (TPSA) is 38.5 Å². The molecular formula is C12H19FN2O. The maximum atomic E-state index is 12.8. The van der Waals surface area contributed by atoms with E-state index >= 15 is 0 Å². The van der Waals surface area contributed by atoms with Crippen LogP contribution in [-0.2, 0) is 4.74 Å². The molecule has 4 heteroatoms. The number of nitrogens with two attached hydrogens (primary N) is 1. The molecule has 0 heterocycles. The smallest absolute Gasteiger partial charge is 0.123 e. The summed E-state index contributed by atoms with van der Waals surface area (Å²) in [6, 6.07) is 6.50. The second-order valence-electron chi connectivity index (χ2n) is 3.60. The van der Waals surface area contributed by atoms with Crippen molar-refractivity contribution in [1.82, 2.24) is 0 Å². The Kier molecular flexibility index (Phi) is 5.82. The number of hydrogen-bond donors (Lipinski definition) is 1. The molecule has 0 saturated heterocycles. The summed E-state index contributed by atoms with van der Waals surface area (Å²) in [4.78, 5) is 2.15. The first-order valence-electron chi connectivity index (χ1n) is 5.47. The van der Waals surface area contributed by atoms with Gasteiger partial charge in [0.05, 0.1) is 6.61 Å². The van der Waals surface area contributed by atoms with E-state index in [1.807, 2.05) is 0 Å². The predicted molar refractivity (Wildman–Crippen MR) is 64.2 cm³/mol. The number of methoxy groups -OCH3 is 1. The van der Waals surface area contributed by atoms with E-state index in [0.29, 0.717) is 13.2 Å². The van der Waals surface area contributed by atoms with Crippen LogP contribution in [0.2, 0.25) is 0 Å². The Morgan fingerprint density at radius 3 is 2.50 bits per heavy atom. The molecule has 0 spiro atoms. The highest BCUT2D eigenvalue weighted by atomic mass is 19.1. The minimum Gasteiger partial charge on any atom is -0.383 e. The number of halogens is 1. The van der Waals surface area contributed by atoms with Crippen LogP contribution >= 0.6 is 0 Å². The highest BCUT2D eigenvalue weighted by Crippen LogP contribution is 2.14. The Labute approximate surface area is 96.0 Å². The zero-order chi connectivity index (χ0) is 11.8. The number of ether oxygens (including phenoxy) is 1. The molecule has 0 radical (unpaired) electrons. The van der Waals surface area contributed by atoms with E-state index in [2.05, 4.69) is 4.90 Å². The first-order valence-corrected chi connectivity index (χ1v) is 5.47. The monoisotopic (exact) mass is 226 g/mol. The van der Waals surface area contributed by atoms with Crippen molar-refractivity contribution < 1.29 is 9.13 Å². The fraction of sp³-hybridized carbons (Fsp3) is 0.500. The van der Waals surface area contributed by atoms with Gasteiger partial charge in [0.15, 0.2) is 0 Å². The largest absolute Gasteiger partial charge is 0.383 e. The quantitative estimate of drug-likeness (QED) is 0.768. The predicted octanol–water partition coefficient (Wildman–Crippen LogP) is 1.63. The van der Waals surface area contributed by atoms with Crippen molar-refractivity contribution in [2.75, 3.05) is 38.3 Å². The molecule has 0 aromatic heterocycles. The molecule has 1 aromatic rings. The molecule has 0 atom stereocenters. The Morgan fingerprint density at radius 1 is 1.25 bits per heavy atom. The first-order chi connectivity index (χ1) is 7.77. The summed E-state index contributed by atoms with van der Waals surface area (Å²) in [5, 5.41) is 0. The minimum atomic E-state index is -0.214. The summed E-state index contributed by atoms with van der Waals surface area (Å²) in [7, 11) is 1.67. The van der Waals surface area contributed by atoms with Gasteiger partial charge in [-0.15, -0.1) is 0 Å². The van der Waals surface area contributed by atoms with Gasteiger partial charge in [0.2, 0.25) is 0 Å². The van der Waals surface area contributed by atoms with Crippen molar-refractivity contribution in [2.45, 2.75) is 6.42 Å². The lowest BCUT2D eigenvalue weighted by Crippen LogP contribution is -2.29. The molecule has 0 saturated carbocycles. The number of benzene rings is 1. The Morgan fingerprint density at radius 2 is 1.94 bits per heavy atom. The third kappa shape index (κ3) is 4.16. The van der Waals surface area contributed by atoms with Crippen molar-refractivity contribution in [1.29, 1.82) is 0 Å². The number of rotatable bonds is 7. The third-order valence-corrected chi connectivity index (χ3v) is 2.39. The molecule has 3 nitrogen and oxygen atoms in total. The lowest BCUT2D eigenvalue weighted by atomic mass is 10.2. The summed E-state index contributed by atoms with van der Waals surface area (Å²) >= 11 is 0. The van der Waals surface area contributed by atoms with Gasteiger partial charge in [-0.25, -0.2) is 4.39 Å². The van der Waals surface area contributed by atoms with Crippen LogP contribution in [0.4, 0.5) is 10.1 Å². The molecule has 0 aliphatic carbocycles. The fourth-order valence-electron chi connectivity index (χ4n) is 1.51. The average molecular weight is 226 g/mol. The maximum Gasteiger partial charge on any atom is 0.123 e.